The van der Waals surface area contributed by atoms with Gasteiger partial charge in [-0.3, -0.25) is 4.55 Å². The van der Waals surface area contributed by atoms with Crippen LogP contribution in [0.5, 0.6) is 17.2 Å². The van der Waals surface area contributed by atoms with Crippen LogP contribution < -0.4 is 15.2 Å². The van der Waals surface area contributed by atoms with Gasteiger partial charge in [-0.15, -0.1) is 20.5 Å². The van der Waals surface area contributed by atoms with Crippen LogP contribution in [-0.4, -0.2) is 32.3 Å². The van der Waals surface area contributed by atoms with Gasteiger partial charge in [-0.05, 0) is 55.6 Å². The molecule has 45 heavy (non-hydrogen) atoms. The first kappa shape index (κ1) is 34.2. The highest BCUT2D eigenvalue weighted by Gasteiger charge is 2.28. The molecule has 0 fully saturated rings. The van der Waals surface area contributed by atoms with Gasteiger partial charge in [0.25, 0.3) is 10.1 Å². The Kier molecular flexibility index (Phi) is 9.58. The molecule has 4 N–H and O–H groups in total. The number of ether oxygens (including phenoxy) is 2. The van der Waals surface area contributed by atoms with Crippen LogP contribution in [0.4, 0.5) is 50.4 Å². The maximum atomic E-state index is 14.0. The third-order valence-corrected chi connectivity index (χ3v) is 9.11. The lowest BCUT2D eigenvalue weighted by molar-refractivity contribution is 0.380. The van der Waals surface area contributed by atoms with Gasteiger partial charge >= 0.3 is 0 Å². The van der Waals surface area contributed by atoms with Gasteiger partial charge in [-0.25, -0.2) is 22.0 Å². The minimum Gasteiger partial charge on any atom is -0.505 e. The predicted molar refractivity (Wildman–Crippen MR) is 157 cm³/mol. The second kappa shape index (κ2) is 12.6. The number of phenolic OH excluding ortho intramolecular Hbond substituents is 1. The third-order valence-electron chi connectivity index (χ3n) is 5.89. The average Bonchev–Trinajstić information content (AvgIpc) is 2.97. The summed E-state index contributed by atoms with van der Waals surface area (Å²) in [5.74, 6) is -12.2. The molecule has 11 nitrogen and oxygen atoms in total. The van der Waals surface area contributed by atoms with Crippen molar-refractivity contribution in [2.45, 2.75) is 9.79 Å². The molecule has 4 rings (SSSR count). The van der Waals surface area contributed by atoms with E-state index in [0.29, 0.717) is 0 Å². The summed E-state index contributed by atoms with van der Waals surface area (Å²) in [5.41, 5.74) is 2.95. The first-order chi connectivity index (χ1) is 20.9. The van der Waals surface area contributed by atoms with E-state index in [2.05, 4.69) is 20.5 Å². The molecule has 0 aliphatic heterocycles. The maximum Gasteiger partial charge on any atom is 0.296 e. The summed E-state index contributed by atoms with van der Waals surface area (Å²) >= 11 is 0. The van der Waals surface area contributed by atoms with E-state index in [1.807, 2.05) is 0 Å². The molecule has 0 radical (unpaired) electrons. The zero-order valence-electron chi connectivity index (χ0n) is 22.1. The van der Waals surface area contributed by atoms with Crippen LogP contribution >= 0.6 is 39.7 Å². The lowest BCUT2D eigenvalue weighted by Gasteiger charge is -2.20. The third kappa shape index (κ3) is 6.66. The lowest BCUT2D eigenvalue weighted by atomic mass is 10.1. The van der Waals surface area contributed by atoms with Crippen LogP contribution in [0.15, 0.2) is 60.6 Å². The Bertz CT molecular complexity index is 2020. The molecule has 0 saturated carbocycles. The van der Waals surface area contributed by atoms with Crippen LogP contribution in [0, 0.1) is 29.1 Å². The molecular formula is C24H15Cl3F5N5O6S2. The Hall–Kier alpha value is -3.68. The summed E-state index contributed by atoms with van der Waals surface area (Å²) in [5, 5.41) is 25.6. The predicted octanol–water partition coefficient (Wildman–Crippen LogP) is 9.54. The van der Waals surface area contributed by atoms with Crippen LogP contribution in [0.2, 0.25) is 0 Å². The van der Waals surface area contributed by atoms with Crippen molar-refractivity contribution in [3.8, 4) is 17.2 Å². The molecule has 4 aromatic carbocycles. The van der Waals surface area contributed by atoms with Crippen molar-refractivity contribution in [2.24, 2.45) is 20.5 Å². The Balaban J connectivity index is 1.85. The highest BCUT2D eigenvalue weighted by molar-refractivity contribution is 8.79. The molecular weight excluding hydrogens is 720 g/mol. The van der Waals surface area contributed by atoms with E-state index >= 15 is 0 Å². The summed E-state index contributed by atoms with van der Waals surface area (Å²) in [4.78, 5) is -0.866. The Morgan fingerprint density at radius 3 is 1.60 bits per heavy atom. The molecule has 0 spiro atoms. The fourth-order valence-electron chi connectivity index (χ4n) is 3.80. The molecule has 0 bridgehead atoms. The molecule has 0 atom stereocenters. The molecule has 0 heterocycles. The topological polar surface area (TPSA) is 169 Å². The number of hydrogen-bond donors (Lipinski definition) is 3. The fraction of sp³-hybridized carbons (Fsp3) is 0.0833. The van der Waals surface area contributed by atoms with Crippen LogP contribution in [0.1, 0.15) is 0 Å². The smallest absolute Gasteiger partial charge is 0.296 e. The van der Waals surface area contributed by atoms with Crippen molar-refractivity contribution in [1.82, 2.24) is 0 Å². The number of hydrogen-bond acceptors (Lipinski definition) is 10. The number of fused-ring (bicyclic) bond motifs is 1. The Morgan fingerprint density at radius 1 is 0.711 bits per heavy atom. The summed E-state index contributed by atoms with van der Waals surface area (Å²) in [7, 11) is 12.8. The lowest BCUT2D eigenvalue weighted by Crippen LogP contribution is -2.03. The summed E-state index contributed by atoms with van der Waals surface area (Å²) in [6.45, 7) is 0. The van der Waals surface area contributed by atoms with Gasteiger partial charge in [0, 0.05) is 25.2 Å². The second-order valence-electron chi connectivity index (χ2n) is 8.58. The van der Waals surface area contributed by atoms with Crippen molar-refractivity contribution in [1.29, 1.82) is 0 Å². The number of phenols is 1. The molecule has 0 aliphatic carbocycles. The largest absolute Gasteiger partial charge is 0.505 e. The molecule has 21 heteroatoms. The monoisotopic (exact) mass is 733 g/mol. The number of nitrogens with two attached hydrogens (primary N) is 1. The van der Waals surface area contributed by atoms with E-state index in [1.54, 1.807) is 0 Å². The number of benzene rings is 4. The first-order valence-electron chi connectivity index (χ1n) is 11.5. The van der Waals surface area contributed by atoms with E-state index in [1.165, 1.54) is 13.2 Å². The molecule has 0 amide bonds. The number of rotatable bonds is 8. The van der Waals surface area contributed by atoms with Crippen molar-refractivity contribution in [3.05, 3.63) is 59.4 Å². The summed E-state index contributed by atoms with van der Waals surface area (Å²) < 4.78 is 112. The molecule has 0 saturated heterocycles. The normalized spacial score (nSPS) is 12.9. The molecule has 0 aromatic heterocycles. The van der Waals surface area contributed by atoms with E-state index in [-0.39, 0.29) is 44.2 Å². The molecule has 0 unspecified atom stereocenters. The van der Waals surface area contributed by atoms with Crippen LogP contribution in [0.25, 0.3) is 10.8 Å². The van der Waals surface area contributed by atoms with Crippen molar-refractivity contribution >= 4 is 89.0 Å². The van der Waals surface area contributed by atoms with E-state index in [9.17, 15) is 40.0 Å². The number of aromatic hydroxyl groups is 1. The van der Waals surface area contributed by atoms with Gasteiger partial charge in [0.05, 0.1) is 24.8 Å². The van der Waals surface area contributed by atoms with Gasteiger partial charge < -0.3 is 20.3 Å². The standard InChI is InChI=1S/C24H15Cl3F5N5O6S2/c1-42-13-7-12(35-37-23-20(31)18(29)17(28)19(30)21(23)32)14(43-2)6-11(13)34-36-22-16(44(25,26)27)4-8-3-15(45(39,40)41)10(33)5-9(8)24(22)38/h3-7,38H,33H2,1-2H3,(H,39,40,41). The molecule has 240 valence electrons. The van der Waals surface area contributed by atoms with E-state index in [4.69, 9.17) is 47.3 Å². The Morgan fingerprint density at radius 2 is 1.16 bits per heavy atom. The fourth-order valence-corrected chi connectivity index (χ4v) is 6.11. The maximum absolute atomic E-state index is 14.0. The quantitative estimate of drug-likeness (QED) is 0.0404. The molecule has 4 aromatic rings. The zero-order valence-corrected chi connectivity index (χ0v) is 26.0. The number of halogens is 8. The first-order valence-corrected chi connectivity index (χ1v) is 17.1. The summed E-state index contributed by atoms with van der Waals surface area (Å²) in [6.07, 6.45) is 0. The van der Waals surface area contributed by atoms with E-state index < -0.39 is 68.9 Å². The van der Waals surface area contributed by atoms with Crippen molar-refractivity contribution in [2.75, 3.05) is 20.0 Å². The highest BCUT2D eigenvalue weighted by atomic mass is 36.2. The Labute approximate surface area is 264 Å². The van der Waals surface area contributed by atoms with Crippen molar-refractivity contribution in [3.63, 3.8) is 0 Å². The number of anilines is 1. The van der Waals surface area contributed by atoms with Gasteiger partial charge in [-0.2, -0.15) is 8.42 Å². The number of methoxy groups -OCH3 is 2. The number of nitrogens with zero attached hydrogens (tertiary/aromatic N) is 4. The van der Waals surface area contributed by atoms with Gasteiger partial charge in [0.2, 0.25) is 5.82 Å². The number of nitrogen functional groups attached to an aromatic ring is 1. The number of azo groups is 2. The van der Waals surface area contributed by atoms with Crippen molar-refractivity contribution < 1.29 is 49.5 Å². The SMILES string of the molecule is COc1cc(N=Nc2c(S(Cl)(Cl)Cl)cc3cc(S(=O)(=O)O)c(N)cc3c2O)c(OC)cc1N=Nc1c(F)c(F)c(F)c(F)c1F. The second-order valence-corrected chi connectivity index (χ2v) is 16.8. The van der Waals surface area contributed by atoms with Crippen LogP contribution in [-0.2, 0) is 10.1 Å². The summed E-state index contributed by atoms with van der Waals surface area (Å²) in [6, 6.07) is 5.39. The zero-order chi connectivity index (χ0) is 33.6. The van der Waals surface area contributed by atoms with Gasteiger partial charge in [-0.1, -0.05) is 0 Å². The van der Waals surface area contributed by atoms with E-state index in [0.717, 1.165) is 31.4 Å². The van der Waals surface area contributed by atoms with Gasteiger partial charge in [0.1, 0.15) is 33.5 Å². The average molecular weight is 735 g/mol. The minimum atomic E-state index is -4.76. The minimum absolute atomic E-state index is 0.00450. The highest BCUT2D eigenvalue weighted by Crippen LogP contribution is 2.73. The molecule has 0 aliphatic rings. The van der Waals surface area contributed by atoms with Crippen LogP contribution in [0.3, 0.4) is 0 Å². The van der Waals surface area contributed by atoms with Gasteiger partial charge in [0.15, 0.2) is 34.7 Å².